The Morgan fingerprint density at radius 3 is 2.50 bits per heavy atom. The highest BCUT2D eigenvalue weighted by atomic mass is 35.5. The van der Waals surface area contributed by atoms with Crippen LogP contribution in [0.5, 0.6) is 0 Å². The molecule has 20 heavy (non-hydrogen) atoms. The number of aryl methyl sites for hydroxylation is 1. The van der Waals surface area contributed by atoms with Gasteiger partial charge in [0.2, 0.25) is 0 Å². The van der Waals surface area contributed by atoms with E-state index < -0.39 is 0 Å². The molecule has 2 saturated heterocycles. The summed E-state index contributed by atoms with van der Waals surface area (Å²) in [6, 6.07) is 8.49. The minimum Gasteiger partial charge on any atom is -0.311 e. The smallest absolute Gasteiger partial charge is 0.0408 e. The molecule has 2 unspecified atom stereocenters. The SMILES string of the molecule is Cc1cc(Cl)ccc1CN(C)C1CC2CCC(C1)N2.Cl. The lowest BCUT2D eigenvalue weighted by atomic mass is 9.97. The molecule has 2 fully saturated rings. The molecule has 2 atom stereocenters. The first kappa shape index (κ1) is 16.1. The lowest BCUT2D eigenvalue weighted by molar-refractivity contribution is 0.165. The van der Waals surface area contributed by atoms with Gasteiger partial charge in [0.1, 0.15) is 0 Å². The molecule has 0 aliphatic carbocycles. The van der Waals surface area contributed by atoms with Crippen molar-refractivity contribution < 1.29 is 0 Å². The summed E-state index contributed by atoms with van der Waals surface area (Å²) in [6.07, 6.45) is 5.35. The van der Waals surface area contributed by atoms with Crippen LogP contribution in [0.15, 0.2) is 18.2 Å². The second-order valence-corrected chi connectivity index (χ2v) is 6.69. The van der Waals surface area contributed by atoms with E-state index in [9.17, 15) is 0 Å². The van der Waals surface area contributed by atoms with Crippen molar-refractivity contribution in [3.8, 4) is 0 Å². The summed E-state index contributed by atoms with van der Waals surface area (Å²) in [6.45, 7) is 3.19. The Morgan fingerprint density at radius 2 is 1.90 bits per heavy atom. The van der Waals surface area contributed by atoms with E-state index in [1.54, 1.807) is 0 Å². The van der Waals surface area contributed by atoms with Gasteiger partial charge < -0.3 is 5.32 Å². The fraction of sp³-hybridized carbons (Fsp3) is 0.625. The summed E-state index contributed by atoms with van der Waals surface area (Å²) in [5.74, 6) is 0. The van der Waals surface area contributed by atoms with Gasteiger partial charge >= 0.3 is 0 Å². The minimum atomic E-state index is 0. The van der Waals surface area contributed by atoms with Crippen LogP contribution in [0.1, 0.15) is 36.8 Å². The van der Waals surface area contributed by atoms with Gasteiger partial charge in [-0.1, -0.05) is 17.7 Å². The average molecular weight is 315 g/mol. The standard InChI is InChI=1S/C16H23ClN2.ClH/c1-11-7-13(17)4-3-12(11)10-19(2)16-8-14-5-6-15(9-16)18-14;/h3-4,7,14-16,18H,5-6,8-10H2,1-2H3;1H. The third-order valence-electron chi connectivity index (χ3n) is 4.80. The van der Waals surface area contributed by atoms with Crippen molar-refractivity contribution in [3.05, 3.63) is 34.3 Å². The molecule has 2 bridgehead atoms. The summed E-state index contributed by atoms with van der Waals surface area (Å²) < 4.78 is 0. The molecule has 2 aliphatic heterocycles. The Balaban J connectivity index is 0.00000147. The molecule has 4 heteroatoms. The van der Waals surface area contributed by atoms with E-state index in [0.717, 1.165) is 29.7 Å². The van der Waals surface area contributed by atoms with E-state index >= 15 is 0 Å². The first-order valence-electron chi connectivity index (χ1n) is 7.33. The summed E-state index contributed by atoms with van der Waals surface area (Å²) in [4.78, 5) is 2.53. The van der Waals surface area contributed by atoms with E-state index in [1.165, 1.54) is 36.8 Å². The predicted molar refractivity (Wildman–Crippen MR) is 87.9 cm³/mol. The summed E-state index contributed by atoms with van der Waals surface area (Å²) in [5, 5.41) is 4.55. The van der Waals surface area contributed by atoms with E-state index in [1.807, 2.05) is 6.07 Å². The molecule has 1 aromatic rings. The van der Waals surface area contributed by atoms with Crippen molar-refractivity contribution >= 4 is 24.0 Å². The Labute approximate surface area is 133 Å². The Morgan fingerprint density at radius 1 is 1.25 bits per heavy atom. The molecule has 0 amide bonds. The number of nitrogens with one attached hydrogen (secondary N) is 1. The number of benzene rings is 1. The maximum absolute atomic E-state index is 6.03. The zero-order valence-electron chi connectivity index (χ0n) is 12.2. The fourth-order valence-corrected chi connectivity index (χ4v) is 3.85. The highest BCUT2D eigenvalue weighted by Crippen LogP contribution is 2.30. The fourth-order valence-electron chi connectivity index (χ4n) is 3.62. The van der Waals surface area contributed by atoms with Gasteiger partial charge in [-0.05, 0) is 62.9 Å². The van der Waals surface area contributed by atoms with Crippen molar-refractivity contribution in [1.82, 2.24) is 10.2 Å². The van der Waals surface area contributed by atoms with Crippen molar-refractivity contribution in [2.24, 2.45) is 0 Å². The Bertz CT molecular complexity index is 452. The Kier molecular flexibility index (Phi) is 5.36. The van der Waals surface area contributed by atoms with Crippen LogP contribution in [0.25, 0.3) is 0 Å². The topological polar surface area (TPSA) is 15.3 Å². The largest absolute Gasteiger partial charge is 0.311 e. The molecule has 2 nitrogen and oxygen atoms in total. The number of hydrogen-bond acceptors (Lipinski definition) is 2. The van der Waals surface area contributed by atoms with Crippen LogP contribution in [0.2, 0.25) is 5.02 Å². The van der Waals surface area contributed by atoms with Crippen molar-refractivity contribution in [3.63, 3.8) is 0 Å². The number of rotatable bonds is 3. The van der Waals surface area contributed by atoms with Crippen LogP contribution in [0, 0.1) is 6.92 Å². The molecule has 2 aliphatic rings. The highest BCUT2D eigenvalue weighted by molar-refractivity contribution is 6.30. The molecule has 2 heterocycles. The van der Waals surface area contributed by atoms with Gasteiger partial charge in [-0.15, -0.1) is 12.4 Å². The van der Waals surface area contributed by atoms with E-state index in [-0.39, 0.29) is 12.4 Å². The van der Waals surface area contributed by atoms with Crippen LogP contribution in [0.3, 0.4) is 0 Å². The molecule has 0 radical (unpaired) electrons. The molecule has 0 saturated carbocycles. The van der Waals surface area contributed by atoms with E-state index in [4.69, 9.17) is 11.6 Å². The number of nitrogens with zero attached hydrogens (tertiary/aromatic N) is 1. The second-order valence-electron chi connectivity index (χ2n) is 6.25. The summed E-state index contributed by atoms with van der Waals surface area (Å²) >= 11 is 6.03. The molecular weight excluding hydrogens is 291 g/mol. The lowest BCUT2D eigenvalue weighted by Crippen LogP contribution is -2.46. The molecule has 1 aromatic carbocycles. The third-order valence-corrected chi connectivity index (χ3v) is 5.03. The van der Waals surface area contributed by atoms with Crippen LogP contribution >= 0.6 is 24.0 Å². The molecular formula is C16H24Cl2N2. The highest BCUT2D eigenvalue weighted by Gasteiger charge is 2.34. The number of piperidine rings is 1. The molecule has 112 valence electrons. The predicted octanol–water partition coefficient (Wildman–Crippen LogP) is 3.79. The van der Waals surface area contributed by atoms with Crippen LogP contribution in [-0.4, -0.2) is 30.1 Å². The van der Waals surface area contributed by atoms with Crippen LogP contribution < -0.4 is 5.32 Å². The summed E-state index contributed by atoms with van der Waals surface area (Å²) in [5.41, 5.74) is 2.70. The molecule has 0 aromatic heterocycles. The van der Waals surface area contributed by atoms with Gasteiger partial charge in [-0.3, -0.25) is 4.90 Å². The Hall–Kier alpha value is -0.280. The van der Waals surface area contributed by atoms with Gasteiger partial charge in [0.25, 0.3) is 0 Å². The van der Waals surface area contributed by atoms with Crippen molar-refractivity contribution in [2.75, 3.05) is 7.05 Å². The van der Waals surface area contributed by atoms with E-state index in [2.05, 4.69) is 36.3 Å². The minimum absolute atomic E-state index is 0. The number of halogens is 2. The van der Waals surface area contributed by atoms with Crippen LogP contribution in [0.4, 0.5) is 0 Å². The van der Waals surface area contributed by atoms with Gasteiger partial charge in [0, 0.05) is 29.7 Å². The van der Waals surface area contributed by atoms with Crippen LogP contribution in [-0.2, 0) is 6.54 Å². The van der Waals surface area contributed by atoms with Gasteiger partial charge in [0.15, 0.2) is 0 Å². The molecule has 3 rings (SSSR count). The molecule has 0 spiro atoms. The first-order valence-corrected chi connectivity index (χ1v) is 7.71. The van der Waals surface area contributed by atoms with E-state index in [0.29, 0.717) is 0 Å². The first-order chi connectivity index (χ1) is 9.11. The monoisotopic (exact) mass is 314 g/mol. The lowest BCUT2D eigenvalue weighted by Gasteiger charge is -2.35. The zero-order chi connectivity index (χ0) is 13.4. The second kappa shape index (κ2) is 6.65. The number of fused-ring (bicyclic) bond motifs is 2. The van der Waals surface area contributed by atoms with Crippen molar-refractivity contribution in [1.29, 1.82) is 0 Å². The maximum Gasteiger partial charge on any atom is 0.0408 e. The van der Waals surface area contributed by atoms with Gasteiger partial charge in [0.05, 0.1) is 0 Å². The average Bonchev–Trinajstić information content (AvgIpc) is 2.71. The zero-order valence-corrected chi connectivity index (χ0v) is 13.8. The van der Waals surface area contributed by atoms with Crippen molar-refractivity contribution in [2.45, 2.75) is 57.3 Å². The number of hydrogen-bond donors (Lipinski definition) is 1. The maximum atomic E-state index is 6.03. The van der Waals surface area contributed by atoms with Gasteiger partial charge in [-0.2, -0.15) is 0 Å². The normalized spacial score (nSPS) is 28.5. The third kappa shape index (κ3) is 3.48. The van der Waals surface area contributed by atoms with Gasteiger partial charge in [-0.25, -0.2) is 0 Å². The molecule has 1 N–H and O–H groups in total. The summed E-state index contributed by atoms with van der Waals surface area (Å²) in [7, 11) is 2.27. The quantitative estimate of drug-likeness (QED) is 0.913.